The lowest BCUT2D eigenvalue weighted by Crippen LogP contribution is -2.48. The highest BCUT2D eigenvalue weighted by atomic mass is 16.5. The molecule has 2 atom stereocenters. The molecule has 0 bridgehead atoms. The van der Waals surface area contributed by atoms with Gasteiger partial charge in [0, 0.05) is 13.7 Å². The monoisotopic (exact) mass is 390 g/mol. The number of carbonyl (C=O) groups is 4. The van der Waals surface area contributed by atoms with Crippen molar-refractivity contribution in [2.75, 3.05) is 20.3 Å². The van der Waals surface area contributed by atoms with Gasteiger partial charge in [0.2, 0.25) is 0 Å². The molecule has 0 radical (unpaired) electrons. The molecule has 1 aliphatic rings. The van der Waals surface area contributed by atoms with E-state index >= 15 is 0 Å². The molecule has 0 saturated carbocycles. The number of esters is 1. The Balaban J connectivity index is 2.16. The van der Waals surface area contributed by atoms with Gasteiger partial charge in [-0.2, -0.15) is 0 Å². The van der Waals surface area contributed by atoms with Gasteiger partial charge in [-0.1, -0.05) is 26.0 Å². The van der Waals surface area contributed by atoms with E-state index in [0.717, 1.165) is 4.90 Å². The van der Waals surface area contributed by atoms with E-state index in [0.29, 0.717) is 6.61 Å². The second kappa shape index (κ2) is 9.45. The molecule has 3 amide bonds. The van der Waals surface area contributed by atoms with Crippen molar-refractivity contribution in [1.82, 2.24) is 10.2 Å². The molecule has 0 spiro atoms. The van der Waals surface area contributed by atoms with E-state index in [1.54, 1.807) is 24.3 Å². The molecule has 152 valence electrons. The average molecular weight is 390 g/mol. The number of methoxy groups -OCH3 is 1. The van der Waals surface area contributed by atoms with Crippen LogP contribution >= 0.6 is 0 Å². The first kappa shape index (κ1) is 21.6. The third kappa shape index (κ3) is 4.75. The van der Waals surface area contributed by atoms with Crippen LogP contribution in [0.5, 0.6) is 0 Å². The van der Waals surface area contributed by atoms with Gasteiger partial charge < -0.3 is 14.8 Å². The lowest BCUT2D eigenvalue weighted by molar-refractivity contribution is -0.159. The van der Waals surface area contributed by atoms with Crippen LogP contribution in [-0.2, 0) is 19.1 Å². The Kier molecular flexibility index (Phi) is 7.28. The molecule has 1 heterocycles. The van der Waals surface area contributed by atoms with E-state index in [2.05, 4.69) is 5.32 Å². The van der Waals surface area contributed by atoms with Crippen molar-refractivity contribution in [2.45, 2.75) is 39.3 Å². The van der Waals surface area contributed by atoms with Gasteiger partial charge in [-0.15, -0.1) is 0 Å². The van der Waals surface area contributed by atoms with Gasteiger partial charge in [0.25, 0.3) is 17.7 Å². The summed E-state index contributed by atoms with van der Waals surface area (Å²) in [6, 6.07) is 5.34. The lowest BCUT2D eigenvalue weighted by atomic mass is 10.0. The van der Waals surface area contributed by atoms with E-state index in [1.165, 1.54) is 14.0 Å². The number of nitrogens with zero attached hydrogens (tertiary/aromatic N) is 1. The third-order valence-corrected chi connectivity index (χ3v) is 4.37. The van der Waals surface area contributed by atoms with Gasteiger partial charge in [0.15, 0.2) is 6.10 Å². The van der Waals surface area contributed by atoms with Gasteiger partial charge in [0.1, 0.15) is 6.04 Å². The van der Waals surface area contributed by atoms with Crippen molar-refractivity contribution in [3.8, 4) is 0 Å². The number of imide groups is 1. The summed E-state index contributed by atoms with van der Waals surface area (Å²) >= 11 is 0. The van der Waals surface area contributed by atoms with E-state index < -0.39 is 35.8 Å². The highest BCUT2D eigenvalue weighted by Crippen LogP contribution is 2.27. The van der Waals surface area contributed by atoms with E-state index in [4.69, 9.17) is 9.47 Å². The molecule has 8 nitrogen and oxygen atoms in total. The number of hydrogen-bond acceptors (Lipinski definition) is 6. The number of hydrogen-bond donors (Lipinski definition) is 1. The Bertz CT molecular complexity index is 726. The molecule has 0 unspecified atom stereocenters. The molecule has 1 aromatic rings. The summed E-state index contributed by atoms with van der Waals surface area (Å²) in [7, 11) is 1.51. The largest absolute Gasteiger partial charge is 0.451 e. The highest BCUT2D eigenvalue weighted by molar-refractivity contribution is 6.22. The first-order chi connectivity index (χ1) is 13.3. The molecule has 1 aromatic carbocycles. The highest BCUT2D eigenvalue weighted by Gasteiger charge is 2.44. The fraction of sp³-hybridized carbons (Fsp3) is 0.500. The number of amides is 3. The second-order valence-electron chi connectivity index (χ2n) is 7.03. The standard InChI is InChI=1S/C20H26N2O6/c1-12(2)11-16(20(26)28-13(3)17(23)21-9-10-27-4)22-18(24)14-7-5-6-8-15(14)19(22)25/h5-8,12-13,16H,9-11H2,1-4H3,(H,21,23)/t13-,16+/m0/s1. The summed E-state index contributed by atoms with van der Waals surface area (Å²) in [6.07, 6.45) is -0.823. The zero-order valence-electron chi connectivity index (χ0n) is 16.6. The summed E-state index contributed by atoms with van der Waals surface area (Å²) < 4.78 is 10.1. The summed E-state index contributed by atoms with van der Waals surface area (Å²) in [5, 5.41) is 2.58. The number of rotatable bonds is 9. The van der Waals surface area contributed by atoms with Gasteiger partial charge in [-0.05, 0) is 31.4 Å². The molecule has 28 heavy (non-hydrogen) atoms. The molecule has 0 fully saturated rings. The Hall–Kier alpha value is -2.74. The van der Waals surface area contributed by atoms with E-state index in [-0.39, 0.29) is 30.0 Å². The summed E-state index contributed by atoms with van der Waals surface area (Å²) in [6.45, 7) is 5.80. The van der Waals surface area contributed by atoms with E-state index in [1.807, 2.05) is 13.8 Å². The quantitative estimate of drug-likeness (QED) is 0.388. The molecule has 0 aromatic heterocycles. The molecular weight excluding hydrogens is 364 g/mol. The zero-order valence-corrected chi connectivity index (χ0v) is 16.6. The second-order valence-corrected chi connectivity index (χ2v) is 7.03. The minimum Gasteiger partial charge on any atom is -0.451 e. The van der Waals surface area contributed by atoms with Gasteiger partial charge in [-0.25, -0.2) is 4.79 Å². The van der Waals surface area contributed by atoms with Crippen LogP contribution in [0.4, 0.5) is 0 Å². The number of nitrogens with one attached hydrogen (secondary N) is 1. The summed E-state index contributed by atoms with van der Waals surface area (Å²) in [5.41, 5.74) is 0.527. The summed E-state index contributed by atoms with van der Waals surface area (Å²) in [4.78, 5) is 51.2. The Labute approximate surface area is 164 Å². The maximum atomic E-state index is 12.8. The molecule has 8 heteroatoms. The minimum atomic E-state index is -1.10. The van der Waals surface area contributed by atoms with Gasteiger partial charge in [0.05, 0.1) is 17.7 Å². The first-order valence-electron chi connectivity index (χ1n) is 9.22. The maximum absolute atomic E-state index is 12.8. The lowest BCUT2D eigenvalue weighted by Gasteiger charge is -2.27. The van der Waals surface area contributed by atoms with Crippen molar-refractivity contribution in [1.29, 1.82) is 0 Å². The normalized spacial score (nSPS) is 15.4. The Morgan fingerprint density at radius 3 is 2.14 bits per heavy atom. The zero-order chi connectivity index (χ0) is 20.8. The smallest absolute Gasteiger partial charge is 0.330 e. The van der Waals surface area contributed by atoms with Crippen molar-refractivity contribution >= 4 is 23.7 Å². The van der Waals surface area contributed by atoms with Crippen LogP contribution in [-0.4, -0.2) is 61.0 Å². The average Bonchev–Trinajstić information content (AvgIpc) is 2.90. The van der Waals surface area contributed by atoms with Crippen LogP contribution < -0.4 is 5.32 Å². The predicted molar refractivity (Wildman–Crippen MR) is 101 cm³/mol. The molecule has 0 saturated heterocycles. The number of ether oxygens (including phenoxy) is 2. The maximum Gasteiger partial charge on any atom is 0.330 e. The van der Waals surface area contributed by atoms with Crippen molar-refractivity contribution in [2.24, 2.45) is 5.92 Å². The Morgan fingerprint density at radius 1 is 1.07 bits per heavy atom. The molecule has 2 rings (SSSR count). The van der Waals surface area contributed by atoms with Gasteiger partial charge in [-0.3, -0.25) is 19.3 Å². The first-order valence-corrected chi connectivity index (χ1v) is 9.22. The van der Waals surface area contributed by atoms with Gasteiger partial charge >= 0.3 is 5.97 Å². The molecular formula is C20H26N2O6. The van der Waals surface area contributed by atoms with Crippen molar-refractivity contribution in [3.05, 3.63) is 35.4 Å². The SMILES string of the molecule is COCCNC(=O)[C@H](C)OC(=O)[C@@H](CC(C)C)N1C(=O)c2ccccc2C1=O. The number of carbonyl (C=O) groups excluding carboxylic acids is 4. The molecule has 1 N–H and O–H groups in total. The number of benzene rings is 1. The topological polar surface area (TPSA) is 102 Å². The van der Waals surface area contributed by atoms with Crippen molar-refractivity contribution in [3.63, 3.8) is 0 Å². The molecule has 0 aliphatic carbocycles. The van der Waals surface area contributed by atoms with Crippen LogP contribution in [0, 0.1) is 5.92 Å². The van der Waals surface area contributed by atoms with Crippen LogP contribution in [0.3, 0.4) is 0 Å². The van der Waals surface area contributed by atoms with Crippen LogP contribution in [0.25, 0.3) is 0 Å². The fourth-order valence-corrected chi connectivity index (χ4v) is 2.97. The third-order valence-electron chi connectivity index (χ3n) is 4.37. The predicted octanol–water partition coefficient (Wildman–Crippen LogP) is 1.39. The minimum absolute atomic E-state index is 0.0210. The van der Waals surface area contributed by atoms with Crippen LogP contribution in [0.2, 0.25) is 0 Å². The number of fused-ring (bicyclic) bond motifs is 1. The fourth-order valence-electron chi connectivity index (χ4n) is 2.97. The van der Waals surface area contributed by atoms with Crippen LogP contribution in [0.15, 0.2) is 24.3 Å². The molecule has 1 aliphatic heterocycles. The van der Waals surface area contributed by atoms with E-state index in [9.17, 15) is 19.2 Å². The summed E-state index contributed by atoms with van der Waals surface area (Å²) in [5.74, 6) is -2.29. The van der Waals surface area contributed by atoms with Crippen LogP contribution in [0.1, 0.15) is 47.9 Å². The Morgan fingerprint density at radius 2 is 1.64 bits per heavy atom. The van der Waals surface area contributed by atoms with Crippen molar-refractivity contribution < 1.29 is 28.7 Å².